The Morgan fingerprint density at radius 1 is 0.857 bits per heavy atom. The van der Waals surface area contributed by atoms with Crippen molar-refractivity contribution < 1.29 is 4.74 Å². The second-order valence-electron chi connectivity index (χ2n) is 7.45. The van der Waals surface area contributed by atoms with Crippen molar-refractivity contribution in [1.82, 2.24) is 9.47 Å². The quantitative estimate of drug-likeness (QED) is 0.484. The first-order chi connectivity index (χ1) is 13.8. The van der Waals surface area contributed by atoms with Crippen LogP contribution in [0.4, 0.5) is 0 Å². The Morgan fingerprint density at radius 3 is 2.54 bits per heavy atom. The normalized spacial score (nSPS) is 14.2. The molecular weight excluding hydrogens is 344 g/mol. The van der Waals surface area contributed by atoms with Gasteiger partial charge in [0.2, 0.25) is 0 Å². The first-order valence-corrected chi connectivity index (χ1v) is 9.84. The molecule has 4 aromatic rings. The van der Waals surface area contributed by atoms with Gasteiger partial charge >= 0.3 is 0 Å². The van der Waals surface area contributed by atoms with Gasteiger partial charge in [0.1, 0.15) is 5.75 Å². The number of methoxy groups -OCH3 is 1. The highest BCUT2D eigenvalue weighted by Crippen LogP contribution is 2.29. The molecule has 0 saturated carbocycles. The van der Waals surface area contributed by atoms with Gasteiger partial charge in [-0.1, -0.05) is 54.6 Å². The van der Waals surface area contributed by atoms with Crippen LogP contribution in [0.25, 0.3) is 22.0 Å². The van der Waals surface area contributed by atoms with Crippen LogP contribution in [0.2, 0.25) is 0 Å². The average molecular weight is 368 g/mol. The minimum atomic E-state index is 0.920. The van der Waals surface area contributed by atoms with Crippen molar-refractivity contribution in [2.24, 2.45) is 0 Å². The van der Waals surface area contributed by atoms with Crippen molar-refractivity contribution in [3.8, 4) is 16.9 Å². The van der Waals surface area contributed by atoms with E-state index in [-0.39, 0.29) is 0 Å². The fourth-order valence-electron chi connectivity index (χ4n) is 4.31. The molecule has 3 heteroatoms. The van der Waals surface area contributed by atoms with E-state index >= 15 is 0 Å². The molecule has 140 valence electrons. The van der Waals surface area contributed by atoms with E-state index < -0.39 is 0 Å². The molecule has 3 aromatic carbocycles. The van der Waals surface area contributed by atoms with Gasteiger partial charge in [-0.15, -0.1) is 0 Å². The highest BCUT2D eigenvalue weighted by molar-refractivity contribution is 5.83. The number of aromatic nitrogens is 1. The number of benzene rings is 3. The second kappa shape index (κ2) is 7.17. The molecule has 0 amide bonds. The van der Waals surface area contributed by atoms with Crippen LogP contribution in [0.1, 0.15) is 11.3 Å². The summed E-state index contributed by atoms with van der Waals surface area (Å²) in [6.45, 7) is 4.03. The molecule has 0 radical (unpaired) electrons. The molecule has 0 fully saturated rings. The molecule has 0 N–H and O–H groups in total. The summed E-state index contributed by atoms with van der Waals surface area (Å²) in [5.41, 5.74) is 6.70. The summed E-state index contributed by atoms with van der Waals surface area (Å²) in [6.07, 6.45) is 0. The van der Waals surface area contributed by atoms with Crippen molar-refractivity contribution in [3.05, 3.63) is 90.1 Å². The Balaban J connectivity index is 1.42. The maximum atomic E-state index is 5.39. The van der Waals surface area contributed by atoms with Crippen LogP contribution in [0.3, 0.4) is 0 Å². The SMILES string of the molecule is COc1ccc2c(c1)cc1n2CCN(Cc2ccccc2-c2ccccc2)C1. The van der Waals surface area contributed by atoms with E-state index in [4.69, 9.17) is 4.74 Å². The molecule has 0 bridgehead atoms. The maximum Gasteiger partial charge on any atom is 0.119 e. The van der Waals surface area contributed by atoms with Crippen LogP contribution in [0.15, 0.2) is 78.9 Å². The van der Waals surface area contributed by atoms with Gasteiger partial charge in [-0.25, -0.2) is 0 Å². The lowest BCUT2D eigenvalue weighted by molar-refractivity contribution is 0.215. The molecule has 0 aliphatic carbocycles. The zero-order valence-electron chi connectivity index (χ0n) is 16.1. The predicted molar refractivity (Wildman–Crippen MR) is 114 cm³/mol. The van der Waals surface area contributed by atoms with Crippen molar-refractivity contribution in [2.75, 3.05) is 13.7 Å². The third-order valence-electron chi connectivity index (χ3n) is 5.72. The van der Waals surface area contributed by atoms with E-state index in [1.807, 2.05) is 0 Å². The number of nitrogens with zero attached hydrogens (tertiary/aromatic N) is 2. The standard InChI is InChI=1S/C25H24N2O/c1-28-23-11-12-25-21(16-23)15-22-18-26(13-14-27(22)25)17-20-9-5-6-10-24(20)19-7-3-2-4-8-19/h2-12,15-16H,13-14,17-18H2,1H3. The zero-order chi connectivity index (χ0) is 18.9. The Kier molecular flexibility index (Phi) is 4.38. The summed E-state index contributed by atoms with van der Waals surface area (Å²) in [7, 11) is 1.73. The molecule has 0 spiro atoms. The molecular formula is C25H24N2O. The van der Waals surface area contributed by atoms with Gasteiger partial charge in [-0.05, 0) is 41.0 Å². The lowest BCUT2D eigenvalue weighted by Crippen LogP contribution is -2.33. The highest BCUT2D eigenvalue weighted by atomic mass is 16.5. The van der Waals surface area contributed by atoms with Gasteiger partial charge in [0.25, 0.3) is 0 Å². The number of ether oxygens (including phenoxy) is 1. The lowest BCUT2D eigenvalue weighted by Gasteiger charge is -2.29. The average Bonchev–Trinajstić information content (AvgIpc) is 3.11. The summed E-state index contributed by atoms with van der Waals surface area (Å²) in [5, 5.41) is 1.26. The zero-order valence-corrected chi connectivity index (χ0v) is 16.1. The van der Waals surface area contributed by atoms with Crippen LogP contribution in [-0.2, 0) is 19.6 Å². The molecule has 0 saturated heterocycles. The van der Waals surface area contributed by atoms with Gasteiger partial charge in [0.15, 0.2) is 0 Å². The monoisotopic (exact) mass is 368 g/mol. The van der Waals surface area contributed by atoms with Crippen molar-refractivity contribution in [1.29, 1.82) is 0 Å². The fraction of sp³-hybridized carbons (Fsp3) is 0.200. The van der Waals surface area contributed by atoms with E-state index in [9.17, 15) is 0 Å². The third kappa shape index (κ3) is 3.08. The van der Waals surface area contributed by atoms with Crippen molar-refractivity contribution in [3.63, 3.8) is 0 Å². The van der Waals surface area contributed by atoms with Gasteiger partial charge in [0, 0.05) is 42.8 Å². The highest BCUT2D eigenvalue weighted by Gasteiger charge is 2.20. The first-order valence-electron chi connectivity index (χ1n) is 9.84. The van der Waals surface area contributed by atoms with E-state index in [1.54, 1.807) is 7.11 Å². The van der Waals surface area contributed by atoms with Crippen LogP contribution in [-0.4, -0.2) is 23.1 Å². The Hall–Kier alpha value is -3.04. The van der Waals surface area contributed by atoms with E-state index in [2.05, 4.69) is 88.3 Å². The molecule has 3 nitrogen and oxygen atoms in total. The Morgan fingerprint density at radius 2 is 1.68 bits per heavy atom. The third-order valence-corrected chi connectivity index (χ3v) is 5.72. The van der Waals surface area contributed by atoms with Crippen LogP contribution in [0, 0.1) is 0 Å². The fourth-order valence-corrected chi connectivity index (χ4v) is 4.31. The van der Waals surface area contributed by atoms with Crippen molar-refractivity contribution in [2.45, 2.75) is 19.6 Å². The minimum Gasteiger partial charge on any atom is -0.497 e. The summed E-state index contributed by atoms with van der Waals surface area (Å²) in [5.74, 6) is 0.920. The topological polar surface area (TPSA) is 17.4 Å². The van der Waals surface area contributed by atoms with E-state index in [0.717, 1.165) is 31.9 Å². The maximum absolute atomic E-state index is 5.39. The first kappa shape index (κ1) is 17.1. The molecule has 5 rings (SSSR count). The molecule has 0 atom stereocenters. The minimum absolute atomic E-state index is 0.920. The van der Waals surface area contributed by atoms with Gasteiger partial charge in [-0.2, -0.15) is 0 Å². The predicted octanol–water partition coefficient (Wildman–Crippen LogP) is 5.33. The molecule has 1 aromatic heterocycles. The van der Waals surface area contributed by atoms with Gasteiger partial charge in [0.05, 0.1) is 7.11 Å². The lowest BCUT2D eigenvalue weighted by atomic mass is 9.99. The van der Waals surface area contributed by atoms with E-state index in [1.165, 1.54) is 33.3 Å². The number of hydrogen-bond acceptors (Lipinski definition) is 2. The molecule has 1 aliphatic rings. The summed E-state index contributed by atoms with van der Waals surface area (Å²) < 4.78 is 7.84. The van der Waals surface area contributed by atoms with Crippen LogP contribution in [0.5, 0.6) is 5.75 Å². The number of fused-ring (bicyclic) bond motifs is 3. The van der Waals surface area contributed by atoms with Gasteiger partial charge < -0.3 is 9.30 Å². The number of rotatable bonds is 4. The Labute approximate surface area is 165 Å². The van der Waals surface area contributed by atoms with E-state index in [0.29, 0.717) is 0 Å². The van der Waals surface area contributed by atoms with Crippen LogP contribution < -0.4 is 4.74 Å². The van der Waals surface area contributed by atoms with Crippen molar-refractivity contribution >= 4 is 10.9 Å². The smallest absolute Gasteiger partial charge is 0.119 e. The molecule has 2 heterocycles. The molecule has 0 unspecified atom stereocenters. The molecule has 28 heavy (non-hydrogen) atoms. The molecule has 1 aliphatic heterocycles. The van der Waals surface area contributed by atoms with Gasteiger partial charge in [-0.3, -0.25) is 4.90 Å². The summed E-state index contributed by atoms with van der Waals surface area (Å²) in [4.78, 5) is 2.55. The number of hydrogen-bond donors (Lipinski definition) is 0. The Bertz CT molecular complexity index is 1110. The van der Waals surface area contributed by atoms with Crippen LogP contribution >= 0.6 is 0 Å². The largest absolute Gasteiger partial charge is 0.497 e. The summed E-state index contributed by atoms with van der Waals surface area (Å²) >= 11 is 0. The summed E-state index contributed by atoms with van der Waals surface area (Å²) in [6, 6.07) is 28.1. The second-order valence-corrected chi connectivity index (χ2v) is 7.45.